The zero-order valence-electron chi connectivity index (χ0n) is 17.2. The molecule has 1 fully saturated rings. The lowest BCUT2D eigenvalue weighted by Gasteiger charge is -2.18. The van der Waals surface area contributed by atoms with Crippen molar-refractivity contribution in [1.82, 2.24) is 9.55 Å². The number of ether oxygens (including phenoxy) is 3. The van der Waals surface area contributed by atoms with Crippen LogP contribution in [0.15, 0.2) is 17.1 Å². The first-order chi connectivity index (χ1) is 13.9. The highest BCUT2D eigenvalue weighted by Gasteiger charge is 2.38. The van der Waals surface area contributed by atoms with E-state index in [1.54, 1.807) is 0 Å². The van der Waals surface area contributed by atoms with Gasteiger partial charge in [0.15, 0.2) is 0 Å². The summed E-state index contributed by atoms with van der Waals surface area (Å²) < 4.78 is 18.0. The number of carbonyl (C=O) groups is 2. The minimum atomic E-state index is -0.589. The fraction of sp³-hybridized carbons (Fsp3) is 0.700. The monoisotopic (exact) mass is 409 g/mol. The minimum absolute atomic E-state index is 0.0490. The highest BCUT2D eigenvalue weighted by atomic mass is 16.6. The van der Waals surface area contributed by atoms with Crippen molar-refractivity contribution in [1.29, 1.82) is 0 Å². The third kappa shape index (κ3) is 7.16. The van der Waals surface area contributed by atoms with Crippen LogP contribution in [0, 0.1) is 5.92 Å². The fourth-order valence-electron chi connectivity index (χ4n) is 3.12. The van der Waals surface area contributed by atoms with Gasteiger partial charge in [-0.05, 0) is 18.9 Å². The van der Waals surface area contributed by atoms with E-state index in [4.69, 9.17) is 19.9 Å². The number of carbonyl (C=O) groups excluding carboxylic acids is 2. The van der Waals surface area contributed by atoms with Crippen molar-refractivity contribution in [2.24, 2.45) is 5.92 Å². The van der Waals surface area contributed by atoms with Crippen LogP contribution in [0.5, 0.6) is 0 Å². The van der Waals surface area contributed by atoms with Crippen molar-refractivity contribution < 1.29 is 23.8 Å². The topological polar surface area (TPSA) is 123 Å². The third-order valence-electron chi connectivity index (χ3n) is 4.86. The van der Waals surface area contributed by atoms with E-state index >= 15 is 0 Å². The van der Waals surface area contributed by atoms with Crippen molar-refractivity contribution in [3.05, 3.63) is 22.7 Å². The smallest absolute Gasteiger partial charge is 0.351 e. The van der Waals surface area contributed by atoms with Crippen molar-refractivity contribution in [3.8, 4) is 0 Å². The van der Waals surface area contributed by atoms with E-state index in [1.165, 1.54) is 16.8 Å². The Morgan fingerprint density at radius 2 is 1.79 bits per heavy atom. The summed E-state index contributed by atoms with van der Waals surface area (Å²) in [7, 11) is 0. The molecule has 1 saturated heterocycles. The number of hydrogen-bond donors (Lipinski definition) is 1. The van der Waals surface area contributed by atoms with Gasteiger partial charge < -0.3 is 19.9 Å². The number of rotatable bonds is 11. The van der Waals surface area contributed by atoms with E-state index in [0.717, 1.165) is 25.7 Å². The SMILES string of the molecule is CCCCC(=O)OCC1CC(n2ccc(N)nc2=O)OC1COC(=O)CCCC. The van der Waals surface area contributed by atoms with Gasteiger partial charge in [-0.2, -0.15) is 4.98 Å². The van der Waals surface area contributed by atoms with E-state index in [2.05, 4.69) is 4.98 Å². The standard InChI is InChI=1S/C20H31N3O6/c1-3-5-7-18(24)27-12-14-11-17(23-10-9-16(21)22-20(23)26)29-15(14)13-28-19(25)8-6-4-2/h9-10,14-15,17H,3-8,11-13H2,1-2H3,(H2,21,22,26). The van der Waals surface area contributed by atoms with E-state index in [1.807, 2.05) is 13.8 Å². The largest absolute Gasteiger partial charge is 0.465 e. The number of anilines is 1. The summed E-state index contributed by atoms with van der Waals surface area (Å²) in [5, 5.41) is 0. The predicted octanol–water partition coefficient (Wildman–Crippen LogP) is 2.20. The Kier molecular flexibility index (Phi) is 9.11. The summed E-state index contributed by atoms with van der Waals surface area (Å²) in [6.07, 6.45) is 4.96. The van der Waals surface area contributed by atoms with Crippen LogP contribution in [0.4, 0.5) is 5.82 Å². The Balaban J connectivity index is 2.01. The van der Waals surface area contributed by atoms with Gasteiger partial charge in [0, 0.05) is 31.4 Å². The number of nitrogens with two attached hydrogens (primary N) is 1. The summed E-state index contributed by atoms with van der Waals surface area (Å²) >= 11 is 0. The molecule has 1 aliphatic rings. The van der Waals surface area contributed by atoms with E-state index < -0.39 is 18.0 Å². The highest BCUT2D eigenvalue weighted by Crippen LogP contribution is 2.33. The molecule has 0 saturated carbocycles. The Labute approximate surface area is 170 Å². The van der Waals surface area contributed by atoms with Crippen LogP contribution in [0.3, 0.4) is 0 Å². The van der Waals surface area contributed by atoms with Crippen LogP contribution in [-0.2, 0) is 23.8 Å². The lowest BCUT2D eigenvalue weighted by Crippen LogP contribution is -2.29. The van der Waals surface area contributed by atoms with Gasteiger partial charge in [-0.3, -0.25) is 14.2 Å². The van der Waals surface area contributed by atoms with Crippen LogP contribution in [-0.4, -0.2) is 40.8 Å². The molecule has 0 aromatic carbocycles. The molecular formula is C20H31N3O6. The van der Waals surface area contributed by atoms with Crippen LogP contribution >= 0.6 is 0 Å². The molecule has 2 heterocycles. The van der Waals surface area contributed by atoms with Gasteiger partial charge in [0.25, 0.3) is 0 Å². The molecule has 0 bridgehead atoms. The molecule has 9 nitrogen and oxygen atoms in total. The number of esters is 2. The Morgan fingerprint density at radius 3 is 2.38 bits per heavy atom. The maximum atomic E-state index is 12.1. The maximum Gasteiger partial charge on any atom is 0.351 e. The molecule has 3 unspecified atom stereocenters. The molecule has 2 N–H and O–H groups in total. The third-order valence-corrected chi connectivity index (χ3v) is 4.86. The summed E-state index contributed by atoms with van der Waals surface area (Å²) in [5.41, 5.74) is 5.02. The fourth-order valence-corrected chi connectivity index (χ4v) is 3.12. The molecule has 3 atom stereocenters. The van der Waals surface area contributed by atoms with Gasteiger partial charge in [0.2, 0.25) is 0 Å². The zero-order chi connectivity index (χ0) is 21.2. The Hall–Kier alpha value is -2.42. The van der Waals surface area contributed by atoms with Gasteiger partial charge in [0.1, 0.15) is 24.8 Å². The molecule has 0 radical (unpaired) electrons. The lowest BCUT2D eigenvalue weighted by molar-refractivity contribution is -0.152. The number of aromatic nitrogens is 2. The molecule has 9 heteroatoms. The van der Waals surface area contributed by atoms with Gasteiger partial charge in [-0.1, -0.05) is 26.7 Å². The molecule has 0 amide bonds. The molecule has 162 valence electrons. The highest BCUT2D eigenvalue weighted by molar-refractivity contribution is 5.69. The van der Waals surface area contributed by atoms with Crippen LogP contribution in [0.1, 0.15) is 65.0 Å². The van der Waals surface area contributed by atoms with Gasteiger partial charge in [0.05, 0.1) is 6.61 Å². The Morgan fingerprint density at radius 1 is 1.17 bits per heavy atom. The minimum Gasteiger partial charge on any atom is -0.465 e. The first-order valence-electron chi connectivity index (χ1n) is 10.3. The summed E-state index contributed by atoms with van der Waals surface area (Å²) in [5.74, 6) is -0.620. The van der Waals surface area contributed by atoms with Crippen molar-refractivity contribution in [2.75, 3.05) is 18.9 Å². The molecular weight excluding hydrogens is 378 g/mol. The quantitative estimate of drug-likeness (QED) is 0.552. The second kappa shape index (κ2) is 11.5. The van der Waals surface area contributed by atoms with Crippen LogP contribution in [0.25, 0.3) is 0 Å². The molecule has 0 aliphatic carbocycles. The Bertz CT molecular complexity index is 703. The summed E-state index contributed by atoms with van der Waals surface area (Å²) in [6.45, 7) is 4.20. The van der Waals surface area contributed by atoms with Crippen molar-refractivity contribution >= 4 is 17.8 Å². The lowest BCUT2D eigenvalue weighted by atomic mass is 10.0. The predicted molar refractivity (Wildman–Crippen MR) is 106 cm³/mol. The number of unbranched alkanes of at least 4 members (excludes halogenated alkanes) is 2. The van der Waals surface area contributed by atoms with E-state index in [0.29, 0.717) is 19.3 Å². The van der Waals surface area contributed by atoms with Crippen LogP contribution < -0.4 is 11.4 Å². The van der Waals surface area contributed by atoms with Crippen molar-refractivity contribution in [2.45, 2.75) is 71.1 Å². The van der Waals surface area contributed by atoms with Crippen LogP contribution in [0.2, 0.25) is 0 Å². The van der Waals surface area contributed by atoms with Gasteiger partial charge in [-0.15, -0.1) is 0 Å². The normalized spacial score (nSPS) is 21.1. The average molecular weight is 409 g/mol. The maximum absolute atomic E-state index is 12.1. The van der Waals surface area contributed by atoms with E-state index in [9.17, 15) is 14.4 Å². The van der Waals surface area contributed by atoms with Crippen molar-refractivity contribution in [3.63, 3.8) is 0 Å². The molecule has 2 rings (SSSR count). The molecule has 29 heavy (non-hydrogen) atoms. The summed E-state index contributed by atoms with van der Waals surface area (Å²) in [6, 6.07) is 1.52. The molecule has 1 aliphatic heterocycles. The average Bonchev–Trinajstić information content (AvgIpc) is 3.10. The zero-order valence-corrected chi connectivity index (χ0v) is 17.2. The first-order valence-corrected chi connectivity index (χ1v) is 10.3. The van der Waals surface area contributed by atoms with E-state index in [-0.39, 0.29) is 36.9 Å². The first kappa shape index (κ1) is 22.9. The number of hydrogen-bond acceptors (Lipinski definition) is 8. The number of nitrogens with zero attached hydrogens (tertiary/aromatic N) is 2. The van der Waals surface area contributed by atoms with Gasteiger partial charge in [-0.25, -0.2) is 4.79 Å². The van der Waals surface area contributed by atoms with Gasteiger partial charge >= 0.3 is 17.6 Å². The summed E-state index contributed by atoms with van der Waals surface area (Å²) in [4.78, 5) is 39.6. The molecule has 0 spiro atoms. The number of nitrogen functional groups attached to an aromatic ring is 1. The molecule has 1 aromatic heterocycles. The second-order valence-electron chi connectivity index (χ2n) is 7.24. The molecule has 1 aromatic rings. The second-order valence-corrected chi connectivity index (χ2v) is 7.24.